The van der Waals surface area contributed by atoms with E-state index in [1.807, 2.05) is 0 Å². The molecule has 20 heavy (non-hydrogen) atoms. The van der Waals surface area contributed by atoms with E-state index in [1.165, 1.54) is 11.1 Å². The lowest BCUT2D eigenvalue weighted by molar-refractivity contribution is -0.107. The van der Waals surface area contributed by atoms with E-state index in [0.717, 1.165) is 31.7 Å². The van der Waals surface area contributed by atoms with E-state index in [9.17, 15) is 0 Å². The van der Waals surface area contributed by atoms with E-state index in [2.05, 4.69) is 51.2 Å². The molecule has 0 bridgehead atoms. The van der Waals surface area contributed by atoms with Gasteiger partial charge in [-0.1, -0.05) is 26.0 Å². The maximum absolute atomic E-state index is 6.18. The molecule has 0 amide bonds. The minimum atomic E-state index is 0.172. The first-order valence-corrected chi connectivity index (χ1v) is 7.74. The van der Waals surface area contributed by atoms with Gasteiger partial charge in [-0.2, -0.15) is 0 Å². The number of likely N-dealkylation sites (N-methyl/N-ethyl adjacent to an activating group) is 1. The predicted octanol–water partition coefficient (Wildman–Crippen LogP) is 3.23. The molecule has 0 radical (unpaired) electrons. The molecule has 0 heterocycles. The Labute approximate surface area is 122 Å². The van der Waals surface area contributed by atoms with Crippen molar-refractivity contribution in [2.45, 2.75) is 58.8 Å². The summed E-state index contributed by atoms with van der Waals surface area (Å²) in [5.41, 5.74) is 2.43. The number of rotatable bonds is 7. The fraction of sp³-hybridized carbons (Fsp3) is 0.647. The molecule has 1 fully saturated rings. The van der Waals surface area contributed by atoms with Crippen molar-refractivity contribution >= 4 is 0 Å². The van der Waals surface area contributed by atoms with Gasteiger partial charge in [-0.25, -0.2) is 0 Å². The van der Waals surface area contributed by atoms with Crippen LogP contribution in [0.3, 0.4) is 0 Å². The third kappa shape index (κ3) is 3.53. The summed E-state index contributed by atoms with van der Waals surface area (Å²) >= 11 is 0. The number of aryl methyl sites for hydroxylation is 2. The summed E-state index contributed by atoms with van der Waals surface area (Å²) in [6, 6.07) is 6.79. The van der Waals surface area contributed by atoms with Gasteiger partial charge in [0.25, 0.3) is 0 Å². The zero-order chi connectivity index (χ0) is 14.5. The molecule has 3 heteroatoms. The highest BCUT2D eigenvalue weighted by atomic mass is 16.5. The zero-order valence-electron chi connectivity index (χ0n) is 13.1. The Kier molecular flexibility index (Phi) is 5.44. The Morgan fingerprint density at radius 1 is 1.25 bits per heavy atom. The van der Waals surface area contributed by atoms with Crippen molar-refractivity contribution in [1.29, 1.82) is 0 Å². The van der Waals surface area contributed by atoms with Crippen LogP contribution in [0.15, 0.2) is 18.2 Å². The third-order valence-corrected chi connectivity index (χ3v) is 3.85. The molecule has 1 aliphatic carbocycles. The number of benzene rings is 1. The van der Waals surface area contributed by atoms with Crippen LogP contribution in [-0.4, -0.2) is 31.4 Å². The summed E-state index contributed by atoms with van der Waals surface area (Å²) in [5, 5.41) is 3.48. The minimum absolute atomic E-state index is 0.172. The standard InChI is InChI=1S/C17H27NO2/c1-5-9-19-17-14(18-6-2)11-16(17)20-15-10-12(3)7-8-13(15)4/h7-8,10,14,16-18H,5-6,9,11H2,1-4H3. The quantitative estimate of drug-likeness (QED) is 0.830. The molecular weight excluding hydrogens is 250 g/mol. The van der Waals surface area contributed by atoms with Gasteiger partial charge in [-0.15, -0.1) is 0 Å². The Bertz CT molecular complexity index is 433. The van der Waals surface area contributed by atoms with Gasteiger partial charge < -0.3 is 14.8 Å². The van der Waals surface area contributed by atoms with Gasteiger partial charge in [0, 0.05) is 19.1 Å². The van der Waals surface area contributed by atoms with E-state index in [0.29, 0.717) is 6.04 Å². The van der Waals surface area contributed by atoms with Crippen LogP contribution in [0.4, 0.5) is 0 Å². The second-order valence-electron chi connectivity index (χ2n) is 5.66. The topological polar surface area (TPSA) is 30.5 Å². The van der Waals surface area contributed by atoms with Gasteiger partial charge in [-0.3, -0.25) is 0 Å². The summed E-state index contributed by atoms with van der Waals surface area (Å²) < 4.78 is 12.1. The predicted molar refractivity (Wildman–Crippen MR) is 82.4 cm³/mol. The van der Waals surface area contributed by atoms with E-state index < -0.39 is 0 Å². The van der Waals surface area contributed by atoms with Gasteiger partial charge in [0.1, 0.15) is 18.0 Å². The smallest absolute Gasteiger partial charge is 0.128 e. The Balaban J connectivity index is 1.99. The largest absolute Gasteiger partial charge is 0.487 e. The van der Waals surface area contributed by atoms with Gasteiger partial charge in [0.05, 0.1) is 0 Å². The van der Waals surface area contributed by atoms with Gasteiger partial charge in [0.15, 0.2) is 0 Å². The van der Waals surface area contributed by atoms with Crippen LogP contribution in [-0.2, 0) is 4.74 Å². The SMILES string of the molecule is CCCOC1C(NCC)CC1Oc1cc(C)ccc1C. The van der Waals surface area contributed by atoms with Gasteiger partial charge in [-0.05, 0) is 44.0 Å². The first kappa shape index (κ1) is 15.3. The molecule has 0 spiro atoms. The van der Waals surface area contributed by atoms with E-state index in [-0.39, 0.29) is 12.2 Å². The molecule has 0 saturated heterocycles. The lowest BCUT2D eigenvalue weighted by Crippen LogP contribution is -2.61. The molecule has 3 unspecified atom stereocenters. The van der Waals surface area contributed by atoms with Crippen LogP contribution in [0.25, 0.3) is 0 Å². The molecule has 3 atom stereocenters. The van der Waals surface area contributed by atoms with Gasteiger partial charge >= 0.3 is 0 Å². The molecule has 1 saturated carbocycles. The van der Waals surface area contributed by atoms with Crippen molar-refractivity contribution in [2.24, 2.45) is 0 Å². The molecule has 1 aliphatic rings. The lowest BCUT2D eigenvalue weighted by atomic mass is 9.85. The minimum Gasteiger partial charge on any atom is -0.487 e. The molecule has 0 aliphatic heterocycles. The van der Waals surface area contributed by atoms with Crippen molar-refractivity contribution in [3.63, 3.8) is 0 Å². The molecule has 1 aromatic carbocycles. The molecule has 1 aromatic rings. The van der Waals surface area contributed by atoms with Crippen molar-refractivity contribution < 1.29 is 9.47 Å². The fourth-order valence-electron chi connectivity index (χ4n) is 2.63. The van der Waals surface area contributed by atoms with E-state index in [4.69, 9.17) is 9.47 Å². The highest BCUT2D eigenvalue weighted by Gasteiger charge is 2.43. The Morgan fingerprint density at radius 2 is 2.05 bits per heavy atom. The average molecular weight is 277 g/mol. The summed E-state index contributed by atoms with van der Waals surface area (Å²) in [4.78, 5) is 0. The van der Waals surface area contributed by atoms with Crippen LogP contribution < -0.4 is 10.1 Å². The second-order valence-corrected chi connectivity index (χ2v) is 5.66. The molecule has 0 aromatic heterocycles. The first-order valence-electron chi connectivity index (χ1n) is 7.74. The third-order valence-electron chi connectivity index (χ3n) is 3.85. The summed E-state index contributed by atoms with van der Waals surface area (Å²) in [6.45, 7) is 10.3. The molecule has 3 nitrogen and oxygen atoms in total. The molecule has 1 N–H and O–H groups in total. The van der Waals surface area contributed by atoms with Crippen molar-refractivity contribution in [1.82, 2.24) is 5.32 Å². The highest BCUT2D eigenvalue weighted by Crippen LogP contribution is 2.31. The van der Waals surface area contributed by atoms with Crippen LogP contribution in [0.2, 0.25) is 0 Å². The van der Waals surface area contributed by atoms with Crippen molar-refractivity contribution in [3.05, 3.63) is 29.3 Å². The zero-order valence-corrected chi connectivity index (χ0v) is 13.1. The molecular formula is C17H27NO2. The highest BCUT2D eigenvalue weighted by molar-refractivity contribution is 5.36. The Morgan fingerprint density at radius 3 is 2.75 bits per heavy atom. The summed E-state index contributed by atoms with van der Waals surface area (Å²) in [7, 11) is 0. The number of hydrogen-bond donors (Lipinski definition) is 1. The number of hydrogen-bond acceptors (Lipinski definition) is 3. The monoisotopic (exact) mass is 277 g/mol. The van der Waals surface area contributed by atoms with Crippen LogP contribution in [0, 0.1) is 13.8 Å². The fourth-order valence-corrected chi connectivity index (χ4v) is 2.63. The number of nitrogens with one attached hydrogen (secondary N) is 1. The first-order chi connectivity index (χ1) is 9.65. The summed E-state index contributed by atoms with van der Waals surface area (Å²) in [5.74, 6) is 0.995. The normalized spacial score (nSPS) is 25.3. The van der Waals surface area contributed by atoms with Crippen LogP contribution >= 0.6 is 0 Å². The van der Waals surface area contributed by atoms with E-state index >= 15 is 0 Å². The van der Waals surface area contributed by atoms with Crippen molar-refractivity contribution in [2.75, 3.05) is 13.2 Å². The second kappa shape index (κ2) is 7.09. The maximum Gasteiger partial charge on any atom is 0.128 e. The van der Waals surface area contributed by atoms with Gasteiger partial charge in [0.2, 0.25) is 0 Å². The average Bonchev–Trinajstić information content (AvgIpc) is 2.41. The summed E-state index contributed by atoms with van der Waals surface area (Å²) in [6.07, 6.45) is 2.42. The van der Waals surface area contributed by atoms with Crippen molar-refractivity contribution in [3.8, 4) is 5.75 Å². The Hall–Kier alpha value is -1.06. The molecule has 112 valence electrons. The van der Waals surface area contributed by atoms with Crippen LogP contribution in [0.5, 0.6) is 5.75 Å². The van der Waals surface area contributed by atoms with E-state index in [1.54, 1.807) is 0 Å². The van der Waals surface area contributed by atoms with Crippen LogP contribution in [0.1, 0.15) is 37.8 Å². The number of ether oxygens (including phenoxy) is 2. The molecule has 2 rings (SSSR count). The lowest BCUT2D eigenvalue weighted by Gasteiger charge is -2.44. The maximum atomic E-state index is 6.18.